The summed E-state index contributed by atoms with van der Waals surface area (Å²) in [6.07, 6.45) is 2.21. The molecule has 0 amide bonds. The van der Waals surface area contributed by atoms with E-state index in [0.29, 0.717) is 10.0 Å². The quantitative estimate of drug-likeness (QED) is 0.129. The van der Waals surface area contributed by atoms with Gasteiger partial charge in [-0.05, 0) is 48.5 Å². The summed E-state index contributed by atoms with van der Waals surface area (Å²) in [5, 5.41) is 56.6. The number of halogens is 2. The van der Waals surface area contributed by atoms with Gasteiger partial charge in [0.1, 0.15) is 35.1 Å². The van der Waals surface area contributed by atoms with Gasteiger partial charge >= 0.3 is 35.8 Å². The van der Waals surface area contributed by atoms with E-state index in [2.05, 4.69) is 44.7 Å². The van der Waals surface area contributed by atoms with E-state index >= 15 is 0 Å². The summed E-state index contributed by atoms with van der Waals surface area (Å²) in [5.41, 5.74) is 4.15. The third-order valence-corrected chi connectivity index (χ3v) is 11.7. The molecule has 0 aliphatic carbocycles. The number of fused-ring (bicyclic) bond motifs is 10. The highest BCUT2D eigenvalue weighted by molar-refractivity contribution is 6.31. The third kappa shape index (κ3) is 14.2. The molecule has 4 aromatic carbocycles. The smallest absolute Gasteiger partial charge is 0.414 e. The molecular formula is C46H50Cl2N6O16. The van der Waals surface area contributed by atoms with Crippen LogP contribution in [0.25, 0.3) is 0 Å². The van der Waals surface area contributed by atoms with Crippen LogP contribution in [0.3, 0.4) is 0 Å². The lowest BCUT2D eigenvalue weighted by molar-refractivity contribution is -0.159. The van der Waals surface area contributed by atoms with Crippen molar-refractivity contribution in [1.29, 1.82) is 0 Å². The molecule has 22 nitrogen and oxygen atoms in total. The van der Waals surface area contributed by atoms with Crippen molar-refractivity contribution >= 4 is 70.4 Å². The minimum atomic E-state index is -1.82. The molecule has 0 spiro atoms. The van der Waals surface area contributed by atoms with E-state index in [0.717, 1.165) is 113 Å². The highest BCUT2D eigenvalue weighted by Crippen LogP contribution is 2.51. The van der Waals surface area contributed by atoms with Crippen molar-refractivity contribution in [2.75, 3.05) is 75.6 Å². The molecule has 4 unspecified atom stereocenters. The molecule has 0 aromatic heterocycles. The fourth-order valence-electron chi connectivity index (χ4n) is 8.21. The molecule has 4 saturated heterocycles. The van der Waals surface area contributed by atoms with Gasteiger partial charge in [-0.2, -0.15) is 0 Å². The second-order valence-electron chi connectivity index (χ2n) is 16.0. The second-order valence-corrected chi connectivity index (χ2v) is 16.9. The average Bonchev–Trinajstić information content (AvgIpc) is 3.90. The van der Waals surface area contributed by atoms with Crippen molar-refractivity contribution in [3.05, 3.63) is 106 Å². The molecule has 4 atom stereocenters. The van der Waals surface area contributed by atoms with Gasteiger partial charge in [-0.15, -0.1) is 0 Å². The van der Waals surface area contributed by atoms with Gasteiger partial charge in [0.2, 0.25) is 0 Å². The highest BCUT2D eigenvalue weighted by atomic mass is 35.5. The number of piperazine rings is 2. The number of hydroxylamine groups is 2. The maximum atomic E-state index is 9.10. The zero-order chi connectivity index (χ0) is 50.5. The molecule has 374 valence electrons. The summed E-state index contributed by atoms with van der Waals surface area (Å²) in [5.74, 6) is -7.58. The van der Waals surface area contributed by atoms with Crippen molar-refractivity contribution in [1.82, 2.24) is 20.4 Å². The standard InChI is InChI=1S/2C20H22ClN3O2.3C2H2O4/c2*21-14-5-6-20-18(11-14)24-17(16-3-1-2-4-19(16)25-20)12-15(26-24)13-23-9-7-22-8-10-23;3*3-1(4)2(5)6/h2*1-6,11,15,17,22H,7-10,12-13H2;3*(H,3,4)(H,5,6). The first-order valence-corrected chi connectivity index (χ1v) is 22.5. The predicted octanol–water partition coefficient (Wildman–Crippen LogP) is 4.67. The molecule has 4 aromatic rings. The van der Waals surface area contributed by atoms with Crippen LogP contribution in [0.5, 0.6) is 23.0 Å². The number of anilines is 2. The lowest BCUT2D eigenvalue weighted by Crippen LogP contribution is -2.46. The van der Waals surface area contributed by atoms with E-state index < -0.39 is 35.8 Å². The lowest BCUT2D eigenvalue weighted by Gasteiger charge is -2.29. The number of hydrogen-bond acceptors (Lipinski definition) is 16. The number of nitrogens with zero attached hydrogens (tertiary/aromatic N) is 4. The summed E-state index contributed by atoms with van der Waals surface area (Å²) in [7, 11) is 0. The fraction of sp³-hybridized carbons (Fsp3) is 0.348. The Labute approximate surface area is 409 Å². The molecule has 6 aliphatic heterocycles. The van der Waals surface area contributed by atoms with Crippen molar-refractivity contribution in [2.24, 2.45) is 0 Å². The van der Waals surface area contributed by atoms with Crippen molar-refractivity contribution < 1.29 is 78.6 Å². The summed E-state index contributed by atoms with van der Waals surface area (Å²) < 4.78 is 12.4. The summed E-state index contributed by atoms with van der Waals surface area (Å²) in [6, 6.07) is 28.2. The van der Waals surface area contributed by atoms with Gasteiger partial charge in [0.15, 0.2) is 11.5 Å². The number of rotatable bonds is 4. The van der Waals surface area contributed by atoms with E-state index in [9.17, 15) is 0 Å². The summed E-state index contributed by atoms with van der Waals surface area (Å²) in [6.45, 7) is 10.4. The lowest BCUT2D eigenvalue weighted by atomic mass is 10.00. The largest absolute Gasteiger partial charge is 0.473 e. The van der Waals surface area contributed by atoms with E-state index in [1.54, 1.807) is 0 Å². The van der Waals surface area contributed by atoms with Crippen LogP contribution in [0.2, 0.25) is 10.0 Å². The van der Waals surface area contributed by atoms with E-state index in [1.807, 2.05) is 70.8 Å². The molecule has 10 rings (SSSR count). The maximum Gasteiger partial charge on any atom is 0.414 e. The van der Waals surface area contributed by atoms with E-state index in [-0.39, 0.29) is 24.3 Å². The van der Waals surface area contributed by atoms with Gasteiger partial charge in [-0.1, -0.05) is 59.6 Å². The minimum absolute atomic E-state index is 0.138. The first-order valence-electron chi connectivity index (χ1n) is 21.8. The molecule has 6 heterocycles. The van der Waals surface area contributed by atoms with Crippen LogP contribution >= 0.6 is 23.2 Å². The van der Waals surface area contributed by atoms with Gasteiger partial charge in [0.05, 0.1) is 12.1 Å². The third-order valence-electron chi connectivity index (χ3n) is 11.3. The Hall–Kier alpha value is -6.76. The molecule has 0 radical (unpaired) electrons. The Bertz CT molecular complexity index is 2300. The topological polar surface area (TPSA) is 298 Å². The number of nitrogens with one attached hydrogen (secondary N) is 2. The molecule has 4 fully saturated rings. The second kappa shape index (κ2) is 24.7. The molecule has 6 aliphatic rings. The number of carboxylic acids is 6. The maximum absolute atomic E-state index is 9.10. The van der Waals surface area contributed by atoms with Crippen LogP contribution in [-0.4, -0.2) is 154 Å². The number of aliphatic carboxylic acids is 6. The number of ether oxygens (including phenoxy) is 2. The van der Waals surface area contributed by atoms with E-state index in [1.165, 1.54) is 11.1 Å². The van der Waals surface area contributed by atoms with Crippen LogP contribution in [0, 0.1) is 0 Å². The van der Waals surface area contributed by atoms with Gasteiger partial charge in [0, 0.05) is 99.5 Å². The van der Waals surface area contributed by atoms with Crippen molar-refractivity contribution in [3.63, 3.8) is 0 Å². The number of para-hydroxylation sites is 2. The molecule has 0 saturated carbocycles. The van der Waals surface area contributed by atoms with E-state index in [4.69, 9.17) is 102 Å². The SMILES string of the molecule is Clc1ccc2c(c1)N1OC(CN3CCNCC3)CC1c1ccccc1O2.Clc1ccc2c(c1)N1OC(CN3CCNCC3)CC1c1ccccc1O2.O=C(O)C(=O)O.O=C(O)C(=O)O.O=C(O)C(=O)O. The fourth-order valence-corrected chi connectivity index (χ4v) is 8.54. The number of benzene rings is 4. The average molecular weight is 1010 g/mol. The van der Waals surface area contributed by atoms with Crippen molar-refractivity contribution in [2.45, 2.75) is 37.1 Å². The number of carbonyl (C=O) groups is 6. The number of carboxylic acid groups (broad SMARTS) is 6. The van der Waals surface area contributed by atoms with Gasteiger partial charge in [0.25, 0.3) is 0 Å². The molecular weight excluding hydrogens is 963 g/mol. The molecule has 8 N–H and O–H groups in total. The summed E-state index contributed by atoms with van der Waals surface area (Å²) >= 11 is 12.5. The Morgan fingerprint density at radius 1 is 0.486 bits per heavy atom. The van der Waals surface area contributed by atoms with Gasteiger partial charge in [-0.3, -0.25) is 19.5 Å². The molecule has 70 heavy (non-hydrogen) atoms. The van der Waals surface area contributed by atoms with Gasteiger partial charge in [-0.25, -0.2) is 38.9 Å². The van der Waals surface area contributed by atoms with Crippen LogP contribution in [0.4, 0.5) is 11.4 Å². The number of hydrogen-bond donors (Lipinski definition) is 8. The summed E-state index contributed by atoms with van der Waals surface area (Å²) in [4.78, 5) is 72.4. The Kier molecular flexibility index (Phi) is 18.6. The highest BCUT2D eigenvalue weighted by Gasteiger charge is 2.42. The first kappa shape index (κ1) is 52.6. The van der Waals surface area contributed by atoms with Crippen LogP contribution in [0.1, 0.15) is 36.1 Å². The van der Waals surface area contributed by atoms with Crippen LogP contribution < -0.4 is 30.2 Å². The zero-order valence-electron chi connectivity index (χ0n) is 37.2. The van der Waals surface area contributed by atoms with Gasteiger partial charge < -0.3 is 50.7 Å². The Balaban J connectivity index is 0.000000171. The normalized spacial score (nSPS) is 20.5. The molecule has 0 bridgehead atoms. The first-order chi connectivity index (χ1) is 33.5. The van der Waals surface area contributed by atoms with Crippen molar-refractivity contribution in [3.8, 4) is 23.0 Å². The van der Waals surface area contributed by atoms with Crippen LogP contribution in [0.15, 0.2) is 84.9 Å². The molecule has 24 heteroatoms. The minimum Gasteiger partial charge on any atom is -0.473 e. The van der Waals surface area contributed by atoms with Crippen LogP contribution in [-0.2, 0) is 38.4 Å². The zero-order valence-corrected chi connectivity index (χ0v) is 38.7. The Morgan fingerprint density at radius 2 is 0.814 bits per heavy atom. The Morgan fingerprint density at radius 3 is 1.14 bits per heavy atom. The monoisotopic (exact) mass is 1010 g/mol. The predicted molar refractivity (Wildman–Crippen MR) is 250 cm³/mol.